The van der Waals surface area contributed by atoms with Crippen molar-refractivity contribution in [2.24, 2.45) is 11.8 Å². The Morgan fingerprint density at radius 3 is 2.78 bits per heavy atom. The summed E-state index contributed by atoms with van der Waals surface area (Å²) >= 11 is 12.4. The van der Waals surface area contributed by atoms with E-state index in [-0.39, 0.29) is 18.3 Å². The highest BCUT2D eigenvalue weighted by atomic mass is 35.5. The molecular formula is C18H25BCl2N2O4. The molecule has 1 aromatic carbocycles. The predicted molar refractivity (Wildman–Crippen MR) is 106 cm³/mol. The Hall–Kier alpha value is -0.825. The first-order valence-corrected chi connectivity index (χ1v) is 10.1. The molecule has 1 saturated heterocycles. The second-order valence-corrected chi connectivity index (χ2v) is 8.49. The van der Waals surface area contributed by atoms with Crippen molar-refractivity contribution in [3.63, 3.8) is 0 Å². The SMILES string of the molecule is O=C(O)C1CN(CC2Cc3c(Cl)cc(Cl)cc3CN2)CC1CCCB(O)O. The van der Waals surface area contributed by atoms with Gasteiger partial charge in [-0.2, -0.15) is 0 Å². The van der Waals surface area contributed by atoms with Crippen LogP contribution in [0.2, 0.25) is 16.4 Å². The van der Waals surface area contributed by atoms with Crippen molar-refractivity contribution in [3.05, 3.63) is 33.3 Å². The molecule has 0 amide bonds. The molecule has 4 N–H and O–H groups in total. The summed E-state index contributed by atoms with van der Waals surface area (Å²) in [6, 6.07) is 3.92. The van der Waals surface area contributed by atoms with Gasteiger partial charge in [0, 0.05) is 42.3 Å². The van der Waals surface area contributed by atoms with Gasteiger partial charge in [0.15, 0.2) is 0 Å². The Kier molecular flexibility index (Phi) is 7.06. The Bertz CT molecular complexity index is 692. The maximum absolute atomic E-state index is 11.6. The summed E-state index contributed by atoms with van der Waals surface area (Å²) in [7, 11) is -1.32. The summed E-state index contributed by atoms with van der Waals surface area (Å²) in [4.78, 5) is 13.8. The highest BCUT2D eigenvalue weighted by Gasteiger charge is 2.38. The minimum atomic E-state index is -1.32. The fourth-order valence-corrected chi connectivity index (χ4v) is 4.91. The van der Waals surface area contributed by atoms with Crippen molar-refractivity contribution in [2.75, 3.05) is 19.6 Å². The van der Waals surface area contributed by atoms with Crippen LogP contribution in [0.25, 0.3) is 0 Å². The summed E-state index contributed by atoms with van der Waals surface area (Å²) in [6.45, 7) is 2.72. The van der Waals surface area contributed by atoms with E-state index in [0.29, 0.717) is 36.0 Å². The van der Waals surface area contributed by atoms with Crippen LogP contribution in [0.4, 0.5) is 0 Å². The standard InChI is InChI=1S/C18H25BCl2N2O4/c20-13-4-12-7-22-14(6-15(12)17(21)5-13)9-23-8-11(2-1-3-19(26)27)16(10-23)18(24)25/h4-5,11,14,16,22,26-27H,1-3,6-10H2,(H,24,25). The van der Waals surface area contributed by atoms with Gasteiger partial charge in [0.2, 0.25) is 0 Å². The Morgan fingerprint density at radius 2 is 2.07 bits per heavy atom. The molecular weight excluding hydrogens is 390 g/mol. The Balaban J connectivity index is 1.58. The van der Waals surface area contributed by atoms with E-state index in [9.17, 15) is 9.90 Å². The van der Waals surface area contributed by atoms with Gasteiger partial charge >= 0.3 is 13.1 Å². The van der Waals surface area contributed by atoms with Crippen LogP contribution in [0, 0.1) is 11.8 Å². The first-order valence-electron chi connectivity index (χ1n) is 9.35. The van der Waals surface area contributed by atoms with Crippen molar-refractivity contribution in [1.82, 2.24) is 10.2 Å². The van der Waals surface area contributed by atoms with E-state index >= 15 is 0 Å². The molecule has 0 spiro atoms. The molecule has 3 unspecified atom stereocenters. The molecule has 9 heteroatoms. The van der Waals surface area contributed by atoms with E-state index in [0.717, 1.165) is 30.6 Å². The van der Waals surface area contributed by atoms with Gasteiger partial charge in [0.05, 0.1) is 5.92 Å². The fraction of sp³-hybridized carbons (Fsp3) is 0.611. The molecule has 2 aliphatic heterocycles. The molecule has 0 aliphatic carbocycles. The molecule has 0 saturated carbocycles. The van der Waals surface area contributed by atoms with Gasteiger partial charge in [-0.1, -0.05) is 29.6 Å². The van der Waals surface area contributed by atoms with E-state index in [2.05, 4.69) is 10.2 Å². The second kappa shape index (κ2) is 9.12. The lowest BCUT2D eigenvalue weighted by molar-refractivity contribution is -0.142. The van der Waals surface area contributed by atoms with Gasteiger partial charge in [0.25, 0.3) is 0 Å². The van der Waals surface area contributed by atoms with Crippen LogP contribution in [0.1, 0.15) is 24.0 Å². The maximum atomic E-state index is 11.6. The minimum absolute atomic E-state index is 0.0412. The number of aliphatic carboxylic acids is 1. The smallest absolute Gasteiger partial charge is 0.451 e. The van der Waals surface area contributed by atoms with Gasteiger partial charge in [-0.05, 0) is 48.3 Å². The van der Waals surface area contributed by atoms with Crippen LogP contribution in [0.3, 0.4) is 0 Å². The van der Waals surface area contributed by atoms with E-state index in [1.165, 1.54) is 0 Å². The van der Waals surface area contributed by atoms with Crippen molar-refractivity contribution in [2.45, 2.75) is 38.2 Å². The number of nitrogens with one attached hydrogen (secondary N) is 1. The number of carbonyl (C=O) groups is 1. The third-order valence-electron chi connectivity index (χ3n) is 5.63. The molecule has 2 aliphatic rings. The average molecular weight is 415 g/mol. The number of nitrogens with zero attached hydrogens (tertiary/aromatic N) is 1. The molecule has 0 bridgehead atoms. The zero-order chi connectivity index (χ0) is 19.6. The largest absolute Gasteiger partial charge is 0.481 e. The van der Waals surface area contributed by atoms with E-state index in [4.69, 9.17) is 33.2 Å². The molecule has 148 valence electrons. The van der Waals surface area contributed by atoms with E-state index < -0.39 is 19.0 Å². The van der Waals surface area contributed by atoms with Crippen LogP contribution in [-0.4, -0.2) is 58.8 Å². The van der Waals surface area contributed by atoms with Gasteiger partial charge in [0.1, 0.15) is 0 Å². The van der Waals surface area contributed by atoms with Crippen LogP contribution in [0.5, 0.6) is 0 Å². The normalized spacial score (nSPS) is 25.4. The molecule has 0 aromatic heterocycles. The number of hydrogen-bond acceptors (Lipinski definition) is 5. The monoisotopic (exact) mass is 414 g/mol. The summed E-state index contributed by atoms with van der Waals surface area (Å²) in [6.07, 6.45) is 2.38. The number of likely N-dealkylation sites (tertiary alicyclic amines) is 1. The van der Waals surface area contributed by atoms with E-state index in [1.54, 1.807) is 6.07 Å². The molecule has 0 radical (unpaired) electrons. The number of carboxylic acid groups (broad SMARTS) is 1. The van der Waals surface area contributed by atoms with Gasteiger partial charge in [-0.3, -0.25) is 4.79 Å². The number of benzene rings is 1. The summed E-state index contributed by atoms with van der Waals surface area (Å²) in [5.41, 5.74) is 2.24. The van der Waals surface area contributed by atoms with Crippen molar-refractivity contribution in [1.29, 1.82) is 0 Å². The Morgan fingerprint density at radius 1 is 1.30 bits per heavy atom. The van der Waals surface area contributed by atoms with Gasteiger partial charge in [-0.25, -0.2) is 0 Å². The first-order chi connectivity index (χ1) is 12.8. The molecule has 27 heavy (non-hydrogen) atoms. The summed E-state index contributed by atoms with van der Waals surface area (Å²) in [5, 5.41) is 32.3. The number of halogens is 2. The third-order valence-corrected chi connectivity index (χ3v) is 6.19. The zero-order valence-electron chi connectivity index (χ0n) is 15.1. The minimum Gasteiger partial charge on any atom is -0.481 e. The van der Waals surface area contributed by atoms with Gasteiger partial charge < -0.3 is 25.4 Å². The molecule has 3 rings (SSSR count). The van der Waals surface area contributed by atoms with Crippen LogP contribution in [-0.2, 0) is 17.8 Å². The lowest BCUT2D eigenvalue weighted by atomic mass is 9.80. The molecule has 3 atom stereocenters. The van der Waals surface area contributed by atoms with Crippen LogP contribution in [0.15, 0.2) is 12.1 Å². The van der Waals surface area contributed by atoms with Crippen molar-refractivity contribution >= 4 is 36.3 Å². The van der Waals surface area contributed by atoms with Gasteiger partial charge in [-0.15, -0.1) is 0 Å². The first kappa shape index (κ1) is 20.9. The topological polar surface area (TPSA) is 93.0 Å². The number of hydrogen-bond donors (Lipinski definition) is 4. The second-order valence-electron chi connectivity index (χ2n) is 7.64. The summed E-state index contributed by atoms with van der Waals surface area (Å²) < 4.78 is 0. The van der Waals surface area contributed by atoms with Crippen molar-refractivity contribution < 1.29 is 19.9 Å². The molecule has 6 nitrogen and oxygen atoms in total. The van der Waals surface area contributed by atoms with Crippen LogP contribution < -0.4 is 5.32 Å². The Labute approximate surface area is 169 Å². The lowest BCUT2D eigenvalue weighted by Crippen LogP contribution is -2.44. The highest BCUT2D eigenvalue weighted by molar-refractivity contribution is 6.40. The lowest BCUT2D eigenvalue weighted by Gasteiger charge is -2.30. The number of rotatable bonds is 7. The van der Waals surface area contributed by atoms with Crippen molar-refractivity contribution in [3.8, 4) is 0 Å². The fourth-order valence-electron chi connectivity index (χ4n) is 4.30. The third kappa shape index (κ3) is 5.37. The molecule has 1 aromatic rings. The molecule has 1 fully saturated rings. The van der Waals surface area contributed by atoms with E-state index in [1.807, 2.05) is 6.07 Å². The quantitative estimate of drug-likeness (QED) is 0.509. The predicted octanol–water partition coefficient (Wildman–Crippen LogP) is 1.89. The zero-order valence-corrected chi connectivity index (χ0v) is 16.6. The summed E-state index contributed by atoms with van der Waals surface area (Å²) in [5.74, 6) is -1.13. The number of fused-ring (bicyclic) bond motifs is 1. The number of carboxylic acids is 1. The average Bonchev–Trinajstić information content (AvgIpc) is 2.98. The highest BCUT2D eigenvalue weighted by Crippen LogP contribution is 2.31. The van der Waals surface area contributed by atoms with Crippen LogP contribution >= 0.6 is 23.2 Å². The maximum Gasteiger partial charge on any atom is 0.451 e. The molecule has 2 heterocycles.